The molecule has 0 aromatic heterocycles. The summed E-state index contributed by atoms with van der Waals surface area (Å²) in [6.07, 6.45) is 3.25. The summed E-state index contributed by atoms with van der Waals surface area (Å²) >= 11 is 0. The lowest BCUT2D eigenvalue weighted by atomic mass is 10.0. The number of likely N-dealkylation sites (tertiary alicyclic amines) is 1. The first-order valence-corrected chi connectivity index (χ1v) is 7.29. The van der Waals surface area contributed by atoms with Crippen LogP contribution in [0.3, 0.4) is 0 Å². The number of nitrogens with zero attached hydrogens (tertiary/aromatic N) is 1. The van der Waals surface area contributed by atoms with E-state index < -0.39 is 14.6 Å². The maximum atomic E-state index is 11.5. The minimum atomic E-state index is -2.99. The molecule has 1 fully saturated rings. The van der Waals surface area contributed by atoms with Crippen molar-refractivity contribution < 1.29 is 8.42 Å². The van der Waals surface area contributed by atoms with Gasteiger partial charge in [0.05, 0.1) is 4.75 Å². The third kappa shape index (κ3) is 3.43. The van der Waals surface area contributed by atoms with E-state index in [9.17, 15) is 8.42 Å². The summed E-state index contributed by atoms with van der Waals surface area (Å²) in [4.78, 5) is 2.20. The van der Waals surface area contributed by atoms with Gasteiger partial charge in [0.25, 0.3) is 0 Å². The second-order valence-corrected chi connectivity index (χ2v) is 7.79. The van der Waals surface area contributed by atoms with Crippen LogP contribution in [-0.2, 0) is 9.84 Å². The zero-order valence-electron chi connectivity index (χ0n) is 9.86. The van der Waals surface area contributed by atoms with Gasteiger partial charge in [0.1, 0.15) is 0 Å². The standard InChI is InChI=1S/C10H22N2O2S/c1-10(2,15(3,13)14)8-12-6-4-9(11)5-7-12/h9H,4-8,11H2,1-3H3. The van der Waals surface area contributed by atoms with Crippen LogP contribution < -0.4 is 5.73 Å². The van der Waals surface area contributed by atoms with Gasteiger partial charge < -0.3 is 10.6 Å². The first kappa shape index (κ1) is 12.9. The van der Waals surface area contributed by atoms with Crippen LogP contribution in [0.5, 0.6) is 0 Å². The van der Waals surface area contributed by atoms with E-state index in [1.54, 1.807) is 13.8 Å². The molecule has 4 nitrogen and oxygen atoms in total. The van der Waals surface area contributed by atoms with Gasteiger partial charge in [0.2, 0.25) is 0 Å². The number of hydrogen-bond acceptors (Lipinski definition) is 4. The average molecular weight is 234 g/mol. The van der Waals surface area contributed by atoms with Gasteiger partial charge in [-0.05, 0) is 39.8 Å². The van der Waals surface area contributed by atoms with Gasteiger partial charge in [-0.3, -0.25) is 0 Å². The fraction of sp³-hybridized carbons (Fsp3) is 1.00. The molecule has 1 aliphatic rings. The van der Waals surface area contributed by atoms with Crippen molar-refractivity contribution in [2.24, 2.45) is 5.73 Å². The molecule has 2 N–H and O–H groups in total. The Morgan fingerprint density at radius 3 is 2.20 bits per heavy atom. The summed E-state index contributed by atoms with van der Waals surface area (Å²) in [5.74, 6) is 0. The lowest BCUT2D eigenvalue weighted by Crippen LogP contribution is -2.48. The largest absolute Gasteiger partial charge is 0.328 e. The van der Waals surface area contributed by atoms with Gasteiger partial charge in [0.15, 0.2) is 9.84 Å². The van der Waals surface area contributed by atoms with Gasteiger partial charge >= 0.3 is 0 Å². The zero-order valence-corrected chi connectivity index (χ0v) is 10.7. The molecule has 0 aliphatic carbocycles. The zero-order chi connectivity index (χ0) is 11.7. The molecule has 90 valence electrons. The van der Waals surface area contributed by atoms with Crippen molar-refractivity contribution >= 4 is 9.84 Å². The minimum absolute atomic E-state index is 0.294. The molecule has 0 radical (unpaired) electrons. The van der Waals surface area contributed by atoms with Crippen LogP contribution in [0.4, 0.5) is 0 Å². The summed E-state index contributed by atoms with van der Waals surface area (Å²) in [5.41, 5.74) is 5.80. The molecule has 0 aromatic carbocycles. The molecule has 0 aromatic rings. The van der Waals surface area contributed by atoms with Crippen LogP contribution >= 0.6 is 0 Å². The van der Waals surface area contributed by atoms with Gasteiger partial charge in [-0.15, -0.1) is 0 Å². The molecule has 0 unspecified atom stereocenters. The second-order valence-electron chi connectivity index (χ2n) is 5.15. The predicted molar refractivity (Wildman–Crippen MR) is 62.6 cm³/mol. The van der Waals surface area contributed by atoms with Crippen molar-refractivity contribution in [2.75, 3.05) is 25.9 Å². The summed E-state index contributed by atoms with van der Waals surface area (Å²) in [5, 5.41) is 0. The Morgan fingerprint density at radius 1 is 1.33 bits per heavy atom. The first-order valence-electron chi connectivity index (χ1n) is 5.40. The predicted octanol–water partition coefficient (Wildman–Crippen LogP) is 0.233. The Morgan fingerprint density at radius 2 is 1.80 bits per heavy atom. The van der Waals surface area contributed by atoms with E-state index in [2.05, 4.69) is 4.90 Å². The number of hydrogen-bond donors (Lipinski definition) is 1. The normalized spacial score (nSPS) is 21.9. The lowest BCUT2D eigenvalue weighted by molar-refractivity contribution is 0.198. The van der Waals surface area contributed by atoms with Crippen molar-refractivity contribution in [3.63, 3.8) is 0 Å². The quantitative estimate of drug-likeness (QED) is 0.759. The van der Waals surface area contributed by atoms with E-state index >= 15 is 0 Å². The Balaban J connectivity index is 2.55. The van der Waals surface area contributed by atoms with E-state index in [4.69, 9.17) is 5.73 Å². The van der Waals surface area contributed by atoms with Gasteiger partial charge in [0, 0.05) is 18.8 Å². The Hall–Kier alpha value is -0.130. The van der Waals surface area contributed by atoms with E-state index in [1.165, 1.54) is 6.26 Å². The molecule has 15 heavy (non-hydrogen) atoms. The number of piperidine rings is 1. The SMILES string of the molecule is CC(C)(CN1CCC(N)CC1)S(C)(=O)=O. The third-order valence-electron chi connectivity index (χ3n) is 3.24. The molecule has 1 saturated heterocycles. The minimum Gasteiger partial charge on any atom is -0.328 e. The molecular formula is C10H22N2O2S. The monoisotopic (exact) mass is 234 g/mol. The fourth-order valence-electron chi connectivity index (χ4n) is 1.77. The maximum absolute atomic E-state index is 11.5. The van der Waals surface area contributed by atoms with Gasteiger partial charge in [-0.25, -0.2) is 8.42 Å². The Bertz CT molecular complexity index is 303. The van der Waals surface area contributed by atoms with Crippen LogP contribution in [-0.4, -0.2) is 50.0 Å². The average Bonchev–Trinajstić information content (AvgIpc) is 2.06. The summed E-state index contributed by atoms with van der Waals surface area (Å²) in [7, 11) is -2.99. The van der Waals surface area contributed by atoms with E-state index in [-0.39, 0.29) is 0 Å². The molecule has 0 atom stereocenters. The summed E-state index contributed by atoms with van der Waals surface area (Å²) < 4.78 is 22.4. The van der Waals surface area contributed by atoms with Crippen LogP contribution in [0.2, 0.25) is 0 Å². The molecule has 0 saturated carbocycles. The highest BCUT2D eigenvalue weighted by Crippen LogP contribution is 2.19. The highest BCUT2D eigenvalue weighted by molar-refractivity contribution is 7.92. The lowest BCUT2D eigenvalue weighted by Gasteiger charge is -2.35. The third-order valence-corrected chi connectivity index (χ3v) is 5.38. The molecule has 0 bridgehead atoms. The molecule has 1 aliphatic heterocycles. The summed E-state index contributed by atoms with van der Waals surface area (Å²) in [6.45, 7) is 6.02. The smallest absolute Gasteiger partial charge is 0.153 e. The molecule has 5 heteroatoms. The molecule has 1 heterocycles. The highest BCUT2D eigenvalue weighted by Gasteiger charge is 2.33. The maximum Gasteiger partial charge on any atom is 0.153 e. The summed E-state index contributed by atoms with van der Waals surface area (Å²) in [6, 6.07) is 0.294. The highest BCUT2D eigenvalue weighted by atomic mass is 32.2. The first-order chi connectivity index (χ1) is 6.72. The Labute approximate surface area is 92.7 Å². The van der Waals surface area contributed by atoms with Crippen molar-refractivity contribution in [1.29, 1.82) is 0 Å². The Kier molecular flexibility index (Phi) is 3.79. The topological polar surface area (TPSA) is 63.4 Å². The molecule has 1 rings (SSSR count). The van der Waals surface area contributed by atoms with E-state index in [0.717, 1.165) is 25.9 Å². The fourth-order valence-corrected chi connectivity index (χ4v) is 2.18. The van der Waals surface area contributed by atoms with E-state index in [0.29, 0.717) is 12.6 Å². The number of nitrogens with two attached hydrogens (primary N) is 1. The molecule has 0 spiro atoms. The second kappa shape index (κ2) is 4.39. The molecular weight excluding hydrogens is 212 g/mol. The number of sulfone groups is 1. The molecule has 0 amide bonds. The van der Waals surface area contributed by atoms with Crippen LogP contribution in [0, 0.1) is 0 Å². The van der Waals surface area contributed by atoms with Crippen LogP contribution in [0.1, 0.15) is 26.7 Å². The number of rotatable bonds is 3. The van der Waals surface area contributed by atoms with Crippen molar-refractivity contribution in [2.45, 2.75) is 37.5 Å². The van der Waals surface area contributed by atoms with E-state index in [1.807, 2.05) is 0 Å². The van der Waals surface area contributed by atoms with Gasteiger partial charge in [-0.1, -0.05) is 0 Å². The van der Waals surface area contributed by atoms with Gasteiger partial charge in [-0.2, -0.15) is 0 Å². The van der Waals surface area contributed by atoms with Crippen LogP contribution in [0.25, 0.3) is 0 Å². The van der Waals surface area contributed by atoms with Crippen molar-refractivity contribution in [3.8, 4) is 0 Å². The van der Waals surface area contributed by atoms with Crippen LogP contribution in [0.15, 0.2) is 0 Å². The van der Waals surface area contributed by atoms with Crippen molar-refractivity contribution in [1.82, 2.24) is 4.90 Å². The van der Waals surface area contributed by atoms with Crippen molar-refractivity contribution in [3.05, 3.63) is 0 Å².